The lowest BCUT2D eigenvalue weighted by Crippen LogP contribution is -2.33. The Bertz CT molecular complexity index is 384. The molecule has 1 saturated carbocycles. The van der Waals surface area contributed by atoms with E-state index in [0.29, 0.717) is 5.41 Å². The summed E-state index contributed by atoms with van der Waals surface area (Å²) in [6.07, 6.45) is 8.04. The maximum Gasteiger partial charge on any atom is 0.185 e. The molecular weight excluding hydrogens is 208 g/mol. The van der Waals surface area contributed by atoms with Gasteiger partial charge in [-0.05, 0) is 24.7 Å². The lowest BCUT2D eigenvalue weighted by atomic mass is 9.68. The normalized spacial score (nSPS) is 23.1. The Kier molecular flexibility index (Phi) is 2.06. The van der Waals surface area contributed by atoms with Gasteiger partial charge < -0.3 is 4.90 Å². The van der Waals surface area contributed by atoms with E-state index in [0.717, 1.165) is 29.4 Å². The summed E-state index contributed by atoms with van der Waals surface area (Å²) in [5.41, 5.74) is 0.604. The minimum absolute atomic E-state index is 0.604. The lowest BCUT2D eigenvalue weighted by molar-refractivity contribution is 0.112. The van der Waals surface area contributed by atoms with Gasteiger partial charge >= 0.3 is 0 Å². The van der Waals surface area contributed by atoms with Crippen LogP contribution in [-0.2, 0) is 0 Å². The van der Waals surface area contributed by atoms with Gasteiger partial charge in [-0.3, -0.25) is 4.79 Å². The van der Waals surface area contributed by atoms with Crippen molar-refractivity contribution in [3.63, 3.8) is 0 Å². The van der Waals surface area contributed by atoms with E-state index in [1.165, 1.54) is 37.0 Å². The summed E-state index contributed by atoms with van der Waals surface area (Å²) in [5.74, 6) is 0. The van der Waals surface area contributed by atoms with Crippen LogP contribution in [0.3, 0.4) is 0 Å². The number of nitrogens with zero attached hydrogens (tertiary/aromatic N) is 2. The van der Waals surface area contributed by atoms with Crippen LogP contribution in [0.5, 0.6) is 0 Å². The molecule has 1 spiro atoms. The van der Waals surface area contributed by atoms with E-state index >= 15 is 0 Å². The van der Waals surface area contributed by atoms with Crippen molar-refractivity contribution in [1.29, 1.82) is 0 Å². The minimum Gasteiger partial charge on any atom is -0.348 e. The Labute approximate surface area is 93.1 Å². The van der Waals surface area contributed by atoms with E-state index in [1.54, 1.807) is 6.20 Å². The first-order chi connectivity index (χ1) is 7.31. The van der Waals surface area contributed by atoms with E-state index in [1.807, 2.05) is 0 Å². The fraction of sp³-hybridized carbons (Fsp3) is 0.636. The molecule has 0 bridgehead atoms. The van der Waals surface area contributed by atoms with Crippen LogP contribution in [-0.4, -0.2) is 24.4 Å². The van der Waals surface area contributed by atoms with Crippen molar-refractivity contribution in [2.24, 2.45) is 5.41 Å². The van der Waals surface area contributed by atoms with Gasteiger partial charge in [-0.2, -0.15) is 0 Å². The fourth-order valence-electron chi connectivity index (χ4n) is 2.66. The van der Waals surface area contributed by atoms with Gasteiger partial charge in [-0.25, -0.2) is 4.98 Å². The number of carbonyl (C=O) groups excluding carboxylic acids is 1. The molecule has 1 aliphatic carbocycles. The van der Waals surface area contributed by atoms with E-state index in [9.17, 15) is 4.79 Å². The molecule has 0 aromatic carbocycles. The molecule has 3 nitrogen and oxygen atoms in total. The van der Waals surface area contributed by atoms with Crippen LogP contribution in [0.15, 0.2) is 6.20 Å². The monoisotopic (exact) mass is 222 g/mol. The number of thiazole rings is 1. The molecule has 2 heterocycles. The summed E-state index contributed by atoms with van der Waals surface area (Å²) in [6, 6.07) is 0. The number of hydrogen-bond donors (Lipinski definition) is 0. The van der Waals surface area contributed by atoms with Gasteiger partial charge in [0.2, 0.25) is 0 Å². The predicted octanol–water partition coefficient (Wildman–Crippen LogP) is 2.34. The summed E-state index contributed by atoms with van der Waals surface area (Å²) < 4.78 is 0. The molecule has 0 radical (unpaired) electrons. The molecule has 2 aliphatic rings. The molecule has 1 aliphatic heterocycles. The molecule has 3 rings (SSSR count). The number of aromatic nitrogens is 1. The van der Waals surface area contributed by atoms with Gasteiger partial charge in [0.1, 0.15) is 0 Å². The number of anilines is 1. The zero-order valence-corrected chi connectivity index (χ0v) is 9.42. The Hall–Kier alpha value is -0.900. The molecule has 0 unspecified atom stereocenters. The smallest absolute Gasteiger partial charge is 0.185 e. The van der Waals surface area contributed by atoms with Crippen molar-refractivity contribution in [2.45, 2.75) is 25.7 Å². The number of rotatable bonds is 2. The van der Waals surface area contributed by atoms with Crippen molar-refractivity contribution in [3.05, 3.63) is 11.1 Å². The van der Waals surface area contributed by atoms with Crippen molar-refractivity contribution in [3.8, 4) is 0 Å². The maximum absolute atomic E-state index is 10.6. The molecule has 0 atom stereocenters. The fourth-order valence-corrected chi connectivity index (χ4v) is 3.42. The van der Waals surface area contributed by atoms with E-state index in [4.69, 9.17) is 0 Å². The van der Waals surface area contributed by atoms with E-state index in [-0.39, 0.29) is 0 Å². The van der Waals surface area contributed by atoms with Gasteiger partial charge in [0.05, 0.1) is 11.1 Å². The summed E-state index contributed by atoms with van der Waals surface area (Å²) in [6.45, 7) is 2.27. The number of aldehydes is 1. The molecule has 15 heavy (non-hydrogen) atoms. The molecule has 1 saturated heterocycles. The van der Waals surface area contributed by atoms with Crippen LogP contribution in [0.25, 0.3) is 0 Å². The molecule has 0 N–H and O–H groups in total. The molecular formula is C11H14N2OS. The molecule has 4 heteroatoms. The highest BCUT2D eigenvalue weighted by molar-refractivity contribution is 7.17. The van der Waals surface area contributed by atoms with Crippen LogP contribution in [0, 0.1) is 5.41 Å². The standard InChI is InChI=1S/C11H14N2OS/c14-7-9-6-12-10(15-9)13-5-4-11(8-13)2-1-3-11/h6-7H,1-5,8H2. The van der Waals surface area contributed by atoms with Gasteiger partial charge in [0.15, 0.2) is 11.4 Å². The molecule has 0 amide bonds. The molecule has 1 aromatic rings. The average molecular weight is 222 g/mol. The quantitative estimate of drug-likeness (QED) is 0.720. The second kappa shape index (κ2) is 3.30. The Morgan fingerprint density at radius 2 is 2.33 bits per heavy atom. The Balaban J connectivity index is 1.75. The van der Waals surface area contributed by atoms with Crippen LogP contribution in [0.4, 0.5) is 5.13 Å². The molecule has 2 fully saturated rings. The zero-order valence-electron chi connectivity index (χ0n) is 8.61. The van der Waals surface area contributed by atoms with Crippen LogP contribution in [0.2, 0.25) is 0 Å². The summed E-state index contributed by atoms with van der Waals surface area (Å²) in [7, 11) is 0. The second-order valence-corrected chi connectivity index (χ2v) is 5.73. The van der Waals surface area contributed by atoms with Crippen molar-refractivity contribution in [1.82, 2.24) is 4.98 Å². The summed E-state index contributed by atoms with van der Waals surface area (Å²) >= 11 is 1.51. The second-order valence-electron chi connectivity index (χ2n) is 4.69. The van der Waals surface area contributed by atoms with Crippen molar-refractivity contribution >= 4 is 22.8 Å². The van der Waals surface area contributed by atoms with Crippen molar-refractivity contribution in [2.75, 3.05) is 18.0 Å². The highest BCUT2D eigenvalue weighted by atomic mass is 32.1. The Morgan fingerprint density at radius 3 is 2.87 bits per heavy atom. The molecule has 1 aromatic heterocycles. The van der Waals surface area contributed by atoms with Crippen LogP contribution in [0.1, 0.15) is 35.4 Å². The van der Waals surface area contributed by atoms with Gasteiger partial charge in [0.25, 0.3) is 0 Å². The average Bonchev–Trinajstić information content (AvgIpc) is 2.83. The summed E-state index contributed by atoms with van der Waals surface area (Å²) in [5, 5.41) is 1.03. The largest absolute Gasteiger partial charge is 0.348 e. The third kappa shape index (κ3) is 1.47. The highest BCUT2D eigenvalue weighted by Crippen LogP contribution is 2.49. The number of carbonyl (C=O) groups is 1. The summed E-state index contributed by atoms with van der Waals surface area (Å²) in [4.78, 5) is 18.0. The maximum atomic E-state index is 10.6. The number of hydrogen-bond acceptors (Lipinski definition) is 4. The predicted molar refractivity (Wildman–Crippen MR) is 60.6 cm³/mol. The van der Waals surface area contributed by atoms with Gasteiger partial charge in [-0.15, -0.1) is 0 Å². The first-order valence-corrected chi connectivity index (χ1v) is 6.29. The Morgan fingerprint density at radius 1 is 1.47 bits per heavy atom. The lowest BCUT2D eigenvalue weighted by Gasteiger charge is -2.37. The minimum atomic E-state index is 0.604. The first-order valence-electron chi connectivity index (χ1n) is 5.47. The van der Waals surface area contributed by atoms with Crippen LogP contribution >= 0.6 is 11.3 Å². The zero-order chi connectivity index (χ0) is 10.3. The third-order valence-electron chi connectivity index (χ3n) is 3.75. The topological polar surface area (TPSA) is 33.2 Å². The van der Waals surface area contributed by atoms with Gasteiger partial charge in [-0.1, -0.05) is 17.8 Å². The molecule has 80 valence electrons. The van der Waals surface area contributed by atoms with E-state index in [2.05, 4.69) is 9.88 Å². The van der Waals surface area contributed by atoms with Gasteiger partial charge in [0, 0.05) is 13.1 Å². The van der Waals surface area contributed by atoms with E-state index < -0.39 is 0 Å². The highest BCUT2D eigenvalue weighted by Gasteiger charge is 2.43. The SMILES string of the molecule is O=Cc1cnc(N2CCC3(CCC3)C2)s1. The van der Waals surface area contributed by atoms with Crippen molar-refractivity contribution < 1.29 is 4.79 Å². The van der Waals surface area contributed by atoms with Crippen LogP contribution < -0.4 is 4.90 Å². The third-order valence-corrected chi connectivity index (χ3v) is 4.73. The first kappa shape index (κ1) is 9.33.